The first-order valence-corrected chi connectivity index (χ1v) is 9.67. The molecule has 0 aliphatic heterocycles. The van der Waals surface area contributed by atoms with Gasteiger partial charge in [-0.15, -0.1) is 0 Å². The number of rotatable bonds is 7. The van der Waals surface area contributed by atoms with E-state index in [1.807, 2.05) is 74.6 Å². The Kier molecular flexibility index (Phi) is 6.74. The normalized spacial score (nSPS) is 10.4. The maximum Gasteiger partial charge on any atom is 0.251 e. The van der Waals surface area contributed by atoms with Crippen LogP contribution in [-0.2, 0) is 17.9 Å². The average Bonchev–Trinajstić information content (AvgIpc) is 2.78. The number of carbonyl (C=O) groups excluding carboxylic acids is 2. The lowest BCUT2D eigenvalue weighted by Gasteiger charge is -2.16. The lowest BCUT2D eigenvalue weighted by molar-refractivity contribution is -0.130. The van der Waals surface area contributed by atoms with Crippen LogP contribution in [0, 0.1) is 0 Å². The van der Waals surface area contributed by atoms with Crippen LogP contribution < -0.4 is 5.32 Å². The molecule has 0 atom stereocenters. The highest BCUT2D eigenvalue weighted by atomic mass is 16.2. The van der Waals surface area contributed by atoms with Gasteiger partial charge in [0.05, 0.1) is 0 Å². The average molecular weight is 387 g/mol. The summed E-state index contributed by atoms with van der Waals surface area (Å²) in [7, 11) is 1.82. The molecule has 2 amide bonds. The number of aromatic nitrogens is 1. The van der Waals surface area contributed by atoms with E-state index in [0.717, 1.165) is 22.3 Å². The Morgan fingerprint density at radius 1 is 0.931 bits per heavy atom. The van der Waals surface area contributed by atoms with Gasteiger partial charge in [-0.1, -0.05) is 49.4 Å². The molecule has 3 rings (SSSR count). The molecule has 0 radical (unpaired) electrons. The standard InChI is InChI=1S/C24H25N3O2/c1-3-23(28)27(2)17-18-6-8-20(9-7-18)21-10-12-22(13-11-21)24(29)26-16-19-5-4-14-25-15-19/h4-15H,3,16-17H2,1-2H3,(H,26,29). The maximum atomic E-state index is 12.3. The number of nitrogens with one attached hydrogen (secondary N) is 1. The van der Waals surface area contributed by atoms with E-state index in [4.69, 9.17) is 0 Å². The van der Waals surface area contributed by atoms with Crippen molar-refractivity contribution in [2.24, 2.45) is 0 Å². The monoisotopic (exact) mass is 387 g/mol. The van der Waals surface area contributed by atoms with Gasteiger partial charge in [-0.3, -0.25) is 14.6 Å². The molecule has 0 fully saturated rings. The molecule has 3 aromatic rings. The maximum absolute atomic E-state index is 12.3. The number of benzene rings is 2. The predicted octanol–water partition coefficient (Wildman–Crippen LogP) is 4.05. The van der Waals surface area contributed by atoms with E-state index < -0.39 is 0 Å². The van der Waals surface area contributed by atoms with E-state index in [1.165, 1.54) is 0 Å². The first-order valence-electron chi connectivity index (χ1n) is 9.67. The first-order chi connectivity index (χ1) is 14.1. The summed E-state index contributed by atoms with van der Waals surface area (Å²) in [5, 5.41) is 2.90. The molecule has 1 N–H and O–H groups in total. The summed E-state index contributed by atoms with van der Waals surface area (Å²) in [5.74, 6) is 0.0193. The smallest absolute Gasteiger partial charge is 0.251 e. The molecule has 0 aliphatic rings. The summed E-state index contributed by atoms with van der Waals surface area (Å²) < 4.78 is 0. The molecule has 5 heteroatoms. The van der Waals surface area contributed by atoms with Crippen LogP contribution in [0.15, 0.2) is 73.1 Å². The van der Waals surface area contributed by atoms with Crippen LogP contribution in [-0.4, -0.2) is 28.7 Å². The molecule has 0 bridgehead atoms. The molecule has 2 aromatic carbocycles. The van der Waals surface area contributed by atoms with Crippen molar-refractivity contribution < 1.29 is 9.59 Å². The van der Waals surface area contributed by atoms with Crippen LogP contribution >= 0.6 is 0 Å². The van der Waals surface area contributed by atoms with E-state index >= 15 is 0 Å². The Balaban J connectivity index is 1.60. The van der Waals surface area contributed by atoms with Crippen LogP contribution in [0.1, 0.15) is 34.8 Å². The third kappa shape index (κ3) is 5.51. The van der Waals surface area contributed by atoms with E-state index in [2.05, 4.69) is 10.3 Å². The van der Waals surface area contributed by atoms with Crippen LogP contribution in [0.25, 0.3) is 11.1 Å². The second-order valence-corrected chi connectivity index (χ2v) is 6.92. The Morgan fingerprint density at radius 3 is 2.17 bits per heavy atom. The number of hydrogen-bond acceptors (Lipinski definition) is 3. The summed E-state index contributed by atoms with van der Waals surface area (Å²) in [6, 6.07) is 19.5. The third-order valence-corrected chi connectivity index (χ3v) is 4.76. The molecular weight excluding hydrogens is 362 g/mol. The molecule has 0 aliphatic carbocycles. The lowest BCUT2D eigenvalue weighted by atomic mass is 10.0. The fraction of sp³-hybridized carbons (Fsp3) is 0.208. The van der Waals surface area contributed by atoms with Gasteiger partial charge in [-0.2, -0.15) is 0 Å². The Labute approximate surface area is 171 Å². The second-order valence-electron chi connectivity index (χ2n) is 6.92. The molecule has 0 saturated carbocycles. The van der Waals surface area contributed by atoms with Crippen molar-refractivity contribution in [2.75, 3.05) is 7.05 Å². The highest BCUT2D eigenvalue weighted by Gasteiger charge is 2.08. The number of amides is 2. The van der Waals surface area contributed by atoms with Crippen molar-refractivity contribution in [1.82, 2.24) is 15.2 Å². The summed E-state index contributed by atoms with van der Waals surface area (Å²) in [4.78, 5) is 29.8. The van der Waals surface area contributed by atoms with Crippen molar-refractivity contribution in [3.05, 3.63) is 89.7 Å². The fourth-order valence-corrected chi connectivity index (χ4v) is 3.04. The van der Waals surface area contributed by atoms with Crippen LogP contribution in [0.2, 0.25) is 0 Å². The number of carbonyl (C=O) groups is 2. The minimum Gasteiger partial charge on any atom is -0.348 e. The van der Waals surface area contributed by atoms with Gasteiger partial charge in [0.15, 0.2) is 0 Å². The minimum absolute atomic E-state index is 0.112. The molecule has 1 aromatic heterocycles. The number of pyridine rings is 1. The van der Waals surface area contributed by atoms with Crippen molar-refractivity contribution in [1.29, 1.82) is 0 Å². The fourth-order valence-electron chi connectivity index (χ4n) is 3.04. The van der Waals surface area contributed by atoms with Crippen molar-refractivity contribution in [3.63, 3.8) is 0 Å². The molecule has 1 heterocycles. The van der Waals surface area contributed by atoms with Gasteiger partial charge in [0.2, 0.25) is 5.91 Å². The largest absolute Gasteiger partial charge is 0.348 e. The van der Waals surface area contributed by atoms with Crippen molar-refractivity contribution >= 4 is 11.8 Å². The van der Waals surface area contributed by atoms with E-state index in [0.29, 0.717) is 25.1 Å². The third-order valence-electron chi connectivity index (χ3n) is 4.76. The molecule has 29 heavy (non-hydrogen) atoms. The SMILES string of the molecule is CCC(=O)N(C)Cc1ccc(-c2ccc(C(=O)NCc3cccnc3)cc2)cc1. The number of nitrogens with zero attached hydrogens (tertiary/aromatic N) is 2. The molecule has 148 valence electrons. The molecule has 0 unspecified atom stereocenters. The zero-order chi connectivity index (χ0) is 20.6. The molecule has 5 nitrogen and oxygen atoms in total. The Morgan fingerprint density at radius 2 is 1.59 bits per heavy atom. The van der Waals surface area contributed by atoms with Crippen LogP contribution in [0.5, 0.6) is 0 Å². The zero-order valence-corrected chi connectivity index (χ0v) is 16.8. The van der Waals surface area contributed by atoms with E-state index in [-0.39, 0.29) is 11.8 Å². The van der Waals surface area contributed by atoms with Gasteiger partial charge in [-0.05, 0) is 40.5 Å². The summed E-state index contributed by atoms with van der Waals surface area (Å²) in [6.45, 7) is 2.92. The van der Waals surface area contributed by atoms with Gasteiger partial charge in [0.25, 0.3) is 5.91 Å². The zero-order valence-electron chi connectivity index (χ0n) is 16.8. The molecule has 0 saturated heterocycles. The van der Waals surface area contributed by atoms with Crippen LogP contribution in [0.3, 0.4) is 0 Å². The minimum atomic E-state index is -0.112. The van der Waals surface area contributed by atoms with Crippen LogP contribution in [0.4, 0.5) is 0 Å². The summed E-state index contributed by atoms with van der Waals surface area (Å²) in [6.07, 6.45) is 3.96. The highest BCUT2D eigenvalue weighted by Crippen LogP contribution is 2.21. The van der Waals surface area contributed by atoms with Gasteiger partial charge in [-0.25, -0.2) is 0 Å². The quantitative estimate of drug-likeness (QED) is 0.665. The van der Waals surface area contributed by atoms with Crippen molar-refractivity contribution in [2.45, 2.75) is 26.4 Å². The van der Waals surface area contributed by atoms with Gasteiger partial charge < -0.3 is 10.2 Å². The highest BCUT2D eigenvalue weighted by molar-refractivity contribution is 5.94. The summed E-state index contributed by atoms with van der Waals surface area (Å²) in [5.41, 5.74) is 4.78. The summed E-state index contributed by atoms with van der Waals surface area (Å²) >= 11 is 0. The number of hydrogen-bond donors (Lipinski definition) is 1. The second kappa shape index (κ2) is 9.64. The van der Waals surface area contributed by atoms with E-state index in [1.54, 1.807) is 17.3 Å². The van der Waals surface area contributed by atoms with Crippen molar-refractivity contribution in [3.8, 4) is 11.1 Å². The lowest BCUT2D eigenvalue weighted by Crippen LogP contribution is -2.25. The molecule has 0 spiro atoms. The Bertz CT molecular complexity index is 952. The first kappa shape index (κ1) is 20.3. The van der Waals surface area contributed by atoms with Gasteiger partial charge in [0.1, 0.15) is 0 Å². The van der Waals surface area contributed by atoms with Gasteiger partial charge >= 0.3 is 0 Å². The van der Waals surface area contributed by atoms with Gasteiger partial charge in [0, 0.05) is 44.5 Å². The molecular formula is C24H25N3O2. The topological polar surface area (TPSA) is 62.3 Å². The Hall–Kier alpha value is -3.47. The predicted molar refractivity (Wildman–Crippen MR) is 114 cm³/mol. The van der Waals surface area contributed by atoms with E-state index in [9.17, 15) is 9.59 Å².